The lowest BCUT2D eigenvalue weighted by Gasteiger charge is -2.03. The summed E-state index contributed by atoms with van der Waals surface area (Å²) in [6.07, 6.45) is 3.87. The standard InChI is InChI=1S/C9H9NO2/c1-3-7-4-5-10-9(12-2)8(7)6-11/h3-6H,1H2,2H3. The number of pyridine rings is 1. The molecule has 62 valence electrons. The Kier molecular flexibility index (Phi) is 2.58. The average molecular weight is 163 g/mol. The zero-order valence-corrected chi connectivity index (χ0v) is 6.78. The molecule has 1 heterocycles. The predicted octanol–water partition coefficient (Wildman–Crippen LogP) is 1.55. The van der Waals surface area contributed by atoms with Crippen LogP contribution in [0.4, 0.5) is 0 Å². The van der Waals surface area contributed by atoms with Gasteiger partial charge in [0.15, 0.2) is 6.29 Å². The van der Waals surface area contributed by atoms with Crippen LogP contribution in [0.1, 0.15) is 15.9 Å². The molecule has 0 amide bonds. The Morgan fingerprint density at radius 3 is 2.92 bits per heavy atom. The number of carbonyl (C=O) groups excluding carboxylic acids is 1. The van der Waals surface area contributed by atoms with Gasteiger partial charge in [-0.1, -0.05) is 12.7 Å². The molecule has 1 aromatic heterocycles. The van der Waals surface area contributed by atoms with Crippen LogP contribution in [0.25, 0.3) is 6.08 Å². The summed E-state index contributed by atoms with van der Waals surface area (Å²) in [4.78, 5) is 14.5. The molecule has 0 unspecified atom stereocenters. The Morgan fingerprint density at radius 1 is 1.67 bits per heavy atom. The van der Waals surface area contributed by atoms with E-state index in [0.717, 1.165) is 5.56 Å². The van der Waals surface area contributed by atoms with Gasteiger partial charge in [-0.25, -0.2) is 4.98 Å². The second-order valence-corrected chi connectivity index (χ2v) is 2.15. The van der Waals surface area contributed by atoms with E-state index in [1.807, 2.05) is 0 Å². The van der Waals surface area contributed by atoms with Gasteiger partial charge in [-0.2, -0.15) is 0 Å². The van der Waals surface area contributed by atoms with Crippen molar-refractivity contribution in [3.8, 4) is 5.88 Å². The van der Waals surface area contributed by atoms with Crippen LogP contribution in [0.2, 0.25) is 0 Å². The van der Waals surface area contributed by atoms with Crippen LogP contribution >= 0.6 is 0 Å². The van der Waals surface area contributed by atoms with Crippen LogP contribution in [0.15, 0.2) is 18.8 Å². The lowest BCUT2D eigenvalue weighted by atomic mass is 10.1. The van der Waals surface area contributed by atoms with E-state index in [0.29, 0.717) is 17.7 Å². The summed E-state index contributed by atoms with van der Waals surface area (Å²) < 4.78 is 4.89. The molecule has 3 heteroatoms. The van der Waals surface area contributed by atoms with Crippen molar-refractivity contribution in [1.29, 1.82) is 0 Å². The molecule has 0 aliphatic carbocycles. The maximum Gasteiger partial charge on any atom is 0.224 e. The molecule has 0 bridgehead atoms. The first kappa shape index (κ1) is 8.46. The molecule has 3 nitrogen and oxygen atoms in total. The van der Waals surface area contributed by atoms with Gasteiger partial charge >= 0.3 is 0 Å². The highest BCUT2D eigenvalue weighted by Gasteiger charge is 2.05. The summed E-state index contributed by atoms with van der Waals surface area (Å²) in [5, 5.41) is 0. The lowest BCUT2D eigenvalue weighted by molar-refractivity contribution is 0.111. The van der Waals surface area contributed by atoms with Gasteiger partial charge in [0.25, 0.3) is 0 Å². The van der Waals surface area contributed by atoms with Crippen molar-refractivity contribution in [3.05, 3.63) is 30.0 Å². The summed E-state index contributed by atoms with van der Waals surface area (Å²) >= 11 is 0. The minimum Gasteiger partial charge on any atom is -0.480 e. The smallest absolute Gasteiger partial charge is 0.224 e. The van der Waals surface area contributed by atoms with E-state index in [2.05, 4.69) is 11.6 Å². The van der Waals surface area contributed by atoms with Crippen LogP contribution in [-0.2, 0) is 0 Å². The van der Waals surface area contributed by atoms with E-state index in [4.69, 9.17) is 4.74 Å². The first-order valence-electron chi connectivity index (χ1n) is 3.44. The lowest BCUT2D eigenvalue weighted by Crippen LogP contribution is -1.95. The summed E-state index contributed by atoms with van der Waals surface area (Å²) in [5.41, 5.74) is 1.17. The molecule has 12 heavy (non-hydrogen) atoms. The van der Waals surface area contributed by atoms with Gasteiger partial charge in [-0.15, -0.1) is 0 Å². The second-order valence-electron chi connectivity index (χ2n) is 2.15. The number of aldehydes is 1. The molecular weight excluding hydrogens is 154 g/mol. The summed E-state index contributed by atoms with van der Waals surface area (Å²) in [5.74, 6) is 0.336. The molecule has 1 rings (SSSR count). The molecule has 0 radical (unpaired) electrons. The number of rotatable bonds is 3. The topological polar surface area (TPSA) is 39.2 Å². The molecule has 0 spiro atoms. The highest BCUT2D eigenvalue weighted by atomic mass is 16.5. The van der Waals surface area contributed by atoms with E-state index in [1.165, 1.54) is 7.11 Å². The van der Waals surface area contributed by atoms with Gasteiger partial charge in [0.2, 0.25) is 5.88 Å². The van der Waals surface area contributed by atoms with Gasteiger partial charge < -0.3 is 4.74 Å². The molecule has 0 aromatic carbocycles. The quantitative estimate of drug-likeness (QED) is 0.634. The minimum absolute atomic E-state index is 0.336. The number of methoxy groups -OCH3 is 1. The first-order valence-corrected chi connectivity index (χ1v) is 3.44. The van der Waals surface area contributed by atoms with Gasteiger partial charge in [-0.3, -0.25) is 4.79 Å². The van der Waals surface area contributed by atoms with Gasteiger partial charge in [-0.05, 0) is 11.6 Å². The number of carbonyl (C=O) groups is 1. The van der Waals surface area contributed by atoms with E-state index in [9.17, 15) is 4.79 Å². The number of nitrogens with zero attached hydrogens (tertiary/aromatic N) is 1. The van der Waals surface area contributed by atoms with Crippen LogP contribution in [-0.4, -0.2) is 18.4 Å². The van der Waals surface area contributed by atoms with Crippen molar-refractivity contribution in [2.75, 3.05) is 7.11 Å². The van der Waals surface area contributed by atoms with E-state index < -0.39 is 0 Å². The van der Waals surface area contributed by atoms with Crippen molar-refractivity contribution in [3.63, 3.8) is 0 Å². The van der Waals surface area contributed by atoms with Gasteiger partial charge in [0.05, 0.1) is 12.7 Å². The fourth-order valence-electron chi connectivity index (χ4n) is 0.927. The summed E-state index contributed by atoms with van der Waals surface area (Å²) in [6, 6.07) is 1.71. The maximum atomic E-state index is 10.6. The normalized spacial score (nSPS) is 9.08. The Morgan fingerprint density at radius 2 is 2.42 bits per heavy atom. The maximum absolute atomic E-state index is 10.6. The number of hydrogen-bond acceptors (Lipinski definition) is 3. The summed E-state index contributed by atoms with van der Waals surface area (Å²) in [6.45, 7) is 3.57. The fraction of sp³-hybridized carbons (Fsp3) is 0.111. The molecular formula is C9H9NO2. The highest BCUT2D eigenvalue weighted by Crippen LogP contribution is 2.17. The third kappa shape index (κ3) is 1.34. The SMILES string of the molecule is C=Cc1ccnc(OC)c1C=O. The molecule has 1 aromatic rings. The molecule has 0 aliphatic rings. The average Bonchev–Trinajstić information content (AvgIpc) is 2.16. The Labute approximate surface area is 70.7 Å². The van der Waals surface area contributed by atoms with Gasteiger partial charge in [0.1, 0.15) is 0 Å². The van der Waals surface area contributed by atoms with Crippen molar-refractivity contribution in [1.82, 2.24) is 4.98 Å². The van der Waals surface area contributed by atoms with Crippen molar-refractivity contribution in [2.45, 2.75) is 0 Å². The number of ether oxygens (including phenoxy) is 1. The van der Waals surface area contributed by atoms with Gasteiger partial charge in [0, 0.05) is 6.20 Å². The zero-order chi connectivity index (χ0) is 8.97. The Hall–Kier alpha value is -1.64. The predicted molar refractivity (Wildman–Crippen MR) is 46.3 cm³/mol. The Bertz CT molecular complexity index is 307. The molecule has 0 saturated carbocycles. The fourth-order valence-corrected chi connectivity index (χ4v) is 0.927. The minimum atomic E-state index is 0.336. The third-order valence-corrected chi connectivity index (χ3v) is 1.52. The Balaban J connectivity index is 3.31. The van der Waals surface area contributed by atoms with Crippen LogP contribution < -0.4 is 4.74 Å². The molecule has 0 fully saturated rings. The molecule has 0 aliphatic heterocycles. The van der Waals surface area contributed by atoms with Crippen molar-refractivity contribution >= 4 is 12.4 Å². The molecule has 0 saturated heterocycles. The van der Waals surface area contributed by atoms with E-state index >= 15 is 0 Å². The van der Waals surface area contributed by atoms with E-state index in [-0.39, 0.29) is 0 Å². The molecule has 0 atom stereocenters. The third-order valence-electron chi connectivity index (χ3n) is 1.52. The first-order chi connectivity index (χ1) is 5.83. The van der Waals surface area contributed by atoms with Crippen LogP contribution in [0.3, 0.4) is 0 Å². The van der Waals surface area contributed by atoms with Crippen LogP contribution in [0, 0.1) is 0 Å². The van der Waals surface area contributed by atoms with Crippen molar-refractivity contribution in [2.24, 2.45) is 0 Å². The largest absolute Gasteiger partial charge is 0.480 e. The zero-order valence-electron chi connectivity index (χ0n) is 6.78. The number of hydrogen-bond donors (Lipinski definition) is 0. The summed E-state index contributed by atoms with van der Waals surface area (Å²) in [7, 11) is 1.47. The highest BCUT2D eigenvalue weighted by molar-refractivity contribution is 5.84. The molecule has 0 N–H and O–H groups in total. The second kappa shape index (κ2) is 3.67. The van der Waals surface area contributed by atoms with Crippen LogP contribution in [0.5, 0.6) is 5.88 Å². The monoisotopic (exact) mass is 163 g/mol. The number of aromatic nitrogens is 1. The van der Waals surface area contributed by atoms with E-state index in [1.54, 1.807) is 18.3 Å². The van der Waals surface area contributed by atoms with Crippen molar-refractivity contribution < 1.29 is 9.53 Å².